The summed E-state index contributed by atoms with van der Waals surface area (Å²) in [6, 6.07) is 1.13. The van der Waals surface area contributed by atoms with E-state index >= 15 is 0 Å². The zero-order valence-electron chi connectivity index (χ0n) is 14.1. The van der Waals surface area contributed by atoms with Crippen molar-refractivity contribution in [3.05, 3.63) is 40.3 Å². The van der Waals surface area contributed by atoms with E-state index in [-0.39, 0.29) is 28.0 Å². The van der Waals surface area contributed by atoms with E-state index in [1.165, 1.54) is 14.0 Å². The lowest BCUT2D eigenvalue weighted by molar-refractivity contribution is -0.136. The molecule has 9 heteroatoms. The van der Waals surface area contributed by atoms with Gasteiger partial charge in [-0.05, 0) is 32.9 Å². The Labute approximate surface area is 149 Å². The smallest absolute Gasteiger partial charge is 0.339 e. The maximum Gasteiger partial charge on any atom is 0.339 e. The van der Waals surface area contributed by atoms with Crippen LogP contribution in [0, 0.1) is 5.82 Å². The third kappa shape index (κ3) is 6.07. The Balaban J connectivity index is 2.93. The van der Waals surface area contributed by atoms with E-state index in [2.05, 4.69) is 15.4 Å². The highest BCUT2D eigenvalue weighted by Gasteiger charge is 2.18. The summed E-state index contributed by atoms with van der Waals surface area (Å²) in [5.41, 5.74) is -0.231. The number of esters is 2. The van der Waals surface area contributed by atoms with Gasteiger partial charge in [-0.2, -0.15) is 0 Å². The summed E-state index contributed by atoms with van der Waals surface area (Å²) in [4.78, 5) is 34.9. The number of urea groups is 1. The average Bonchev–Trinajstić information content (AvgIpc) is 2.53. The SMILES string of the molecule is COC(=O)/C(C)=C/NC(=O)Nc1cc(C(=O)OC(C)C)c(Cl)cc1F. The number of benzene rings is 1. The minimum atomic E-state index is -0.838. The molecule has 0 radical (unpaired) electrons. The normalized spacial score (nSPS) is 11.1. The number of anilines is 1. The van der Waals surface area contributed by atoms with Gasteiger partial charge < -0.3 is 20.1 Å². The van der Waals surface area contributed by atoms with Crippen LogP contribution < -0.4 is 10.6 Å². The fourth-order valence-corrected chi connectivity index (χ4v) is 1.86. The van der Waals surface area contributed by atoms with Gasteiger partial charge in [-0.15, -0.1) is 0 Å². The molecule has 2 N–H and O–H groups in total. The highest BCUT2D eigenvalue weighted by Crippen LogP contribution is 2.25. The molecule has 1 aromatic carbocycles. The zero-order chi connectivity index (χ0) is 19.1. The van der Waals surface area contributed by atoms with E-state index in [0.29, 0.717) is 0 Å². The first-order valence-electron chi connectivity index (χ1n) is 7.18. The highest BCUT2D eigenvalue weighted by molar-refractivity contribution is 6.33. The molecule has 0 heterocycles. The predicted molar refractivity (Wildman–Crippen MR) is 89.9 cm³/mol. The molecular formula is C16H18ClFN2O5. The monoisotopic (exact) mass is 372 g/mol. The lowest BCUT2D eigenvalue weighted by Crippen LogP contribution is -2.25. The van der Waals surface area contributed by atoms with Gasteiger partial charge in [0.1, 0.15) is 5.82 Å². The molecule has 25 heavy (non-hydrogen) atoms. The Morgan fingerprint density at radius 2 is 1.92 bits per heavy atom. The van der Waals surface area contributed by atoms with Gasteiger partial charge in [-0.3, -0.25) is 0 Å². The molecule has 0 bridgehead atoms. The van der Waals surface area contributed by atoms with Crippen molar-refractivity contribution in [1.29, 1.82) is 0 Å². The lowest BCUT2D eigenvalue weighted by Gasteiger charge is -2.12. The van der Waals surface area contributed by atoms with Gasteiger partial charge in [0.15, 0.2) is 0 Å². The minimum absolute atomic E-state index is 0.0895. The Morgan fingerprint density at radius 3 is 2.48 bits per heavy atom. The van der Waals surface area contributed by atoms with E-state index in [9.17, 15) is 18.8 Å². The standard InChI is InChI=1S/C16H18ClFN2O5/c1-8(2)25-15(22)10-5-13(12(18)6-11(10)17)20-16(23)19-7-9(3)14(21)24-4/h5-8H,1-4H3,(H2,19,20,23)/b9-7+. The third-order valence-corrected chi connectivity index (χ3v) is 3.11. The molecule has 0 unspecified atom stereocenters. The Morgan fingerprint density at radius 1 is 1.28 bits per heavy atom. The lowest BCUT2D eigenvalue weighted by atomic mass is 10.2. The summed E-state index contributed by atoms with van der Waals surface area (Å²) in [6.45, 7) is 4.73. The van der Waals surface area contributed by atoms with E-state index in [4.69, 9.17) is 16.3 Å². The minimum Gasteiger partial charge on any atom is -0.466 e. The van der Waals surface area contributed by atoms with Gasteiger partial charge in [0, 0.05) is 6.20 Å². The number of hydrogen-bond acceptors (Lipinski definition) is 5. The number of amides is 2. The van der Waals surface area contributed by atoms with Gasteiger partial charge >= 0.3 is 18.0 Å². The van der Waals surface area contributed by atoms with Crippen LogP contribution in [0.5, 0.6) is 0 Å². The van der Waals surface area contributed by atoms with E-state index in [0.717, 1.165) is 18.3 Å². The molecule has 0 aliphatic carbocycles. The molecule has 0 fully saturated rings. The number of carbonyl (C=O) groups excluding carboxylic acids is 3. The van der Waals surface area contributed by atoms with Gasteiger partial charge in [0.2, 0.25) is 0 Å². The zero-order valence-corrected chi connectivity index (χ0v) is 14.9. The fraction of sp³-hybridized carbons (Fsp3) is 0.312. The largest absolute Gasteiger partial charge is 0.466 e. The first-order valence-corrected chi connectivity index (χ1v) is 7.56. The molecule has 136 valence electrons. The Bertz CT molecular complexity index is 719. The van der Waals surface area contributed by atoms with Crippen LogP contribution in [-0.2, 0) is 14.3 Å². The predicted octanol–water partition coefficient (Wildman–Crippen LogP) is 3.24. The molecule has 0 atom stereocenters. The van der Waals surface area contributed by atoms with E-state index in [1.807, 2.05) is 0 Å². The molecule has 7 nitrogen and oxygen atoms in total. The molecule has 0 saturated heterocycles. The Hall–Kier alpha value is -2.61. The average molecular weight is 373 g/mol. The van der Waals surface area contributed by atoms with Crippen molar-refractivity contribution in [3.8, 4) is 0 Å². The van der Waals surface area contributed by atoms with Crippen molar-refractivity contribution in [2.24, 2.45) is 0 Å². The highest BCUT2D eigenvalue weighted by atomic mass is 35.5. The summed E-state index contributed by atoms with van der Waals surface area (Å²) in [5.74, 6) is -2.21. The number of rotatable bonds is 5. The van der Waals surface area contributed by atoms with Crippen molar-refractivity contribution < 1.29 is 28.2 Å². The number of carbonyl (C=O) groups is 3. The molecule has 0 aliphatic rings. The third-order valence-electron chi connectivity index (χ3n) is 2.79. The molecule has 0 aromatic heterocycles. The number of nitrogens with one attached hydrogen (secondary N) is 2. The van der Waals surface area contributed by atoms with Crippen molar-refractivity contribution in [2.45, 2.75) is 26.9 Å². The van der Waals surface area contributed by atoms with Crippen LogP contribution in [0.3, 0.4) is 0 Å². The Kier molecular flexibility index (Phi) is 7.38. The topological polar surface area (TPSA) is 93.7 Å². The van der Waals surface area contributed by atoms with Crippen LogP contribution in [0.25, 0.3) is 0 Å². The van der Waals surface area contributed by atoms with Crippen molar-refractivity contribution in [1.82, 2.24) is 5.32 Å². The number of methoxy groups -OCH3 is 1. The maximum atomic E-state index is 13.9. The number of halogens is 2. The van der Waals surface area contributed by atoms with E-state index in [1.54, 1.807) is 13.8 Å². The first-order chi connectivity index (χ1) is 11.6. The second-order valence-electron chi connectivity index (χ2n) is 5.18. The molecule has 0 aliphatic heterocycles. The van der Waals surface area contributed by atoms with Crippen molar-refractivity contribution in [3.63, 3.8) is 0 Å². The van der Waals surface area contributed by atoms with Crippen LogP contribution in [-0.4, -0.2) is 31.2 Å². The van der Waals surface area contributed by atoms with Crippen LogP contribution in [0.4, 0.5) is 14.9 Å². The van der Waals surface area contributed by atoms with Gasteiger partial charge in [-0.1, -0.05) is 11.6 Å². The van der Waals surface area contributed by atoms with Gasteiger partial charge in [-0.25, -0.2) is 18.8 Å². The second kappa shape index (κ2) is 9.03. The van der Waals surface area contributed by atoms with Crippen LogP contribution >= 0.6 is 11.6 Å². The van der Waals surface area contributed by atoms with Crippen LogP contribution in [0.2, 0.25) is 5.02 Å². The summed E-state index contributed by atoms with van der Waals surface area (Å²) in [5, 5.41) is 4.31. The number of hydrogen-bond donors (Lipinski definition) is 2. The first kappa shape index (κ1) is 20.4. The summed E-state index contributed by atoms with van der Waals surface area (Å²) in [7, 11) is 1.20. The molecule has 2 amide bonds. The van der Waals surface area contributed by atoms with E-state index < -0.39 is 23.8 Å². The second-order valence-corrected chi connectivity index (χ2v) is 5.59. The van der Waals surface area contributed by atoms with Crippen molar-refractivity contribution >= 4 is 35.3 Å². The maximum absolute atomic E-state index is 13.9. The number of ether oxygens (including phenoxy) is 2. The summed E-state index contributed by atoms with van der Waals surface area (Å²) in [6.07, 6.45) is 0.711. The van der Waals surface area contributed by atoms with Crippen LogP contribution in [0.15, 0.2) is 23.9 Å². The quantitative estimate of drug-likeness (QED) is 0.611. The molecular weight excluding hydrogens is 355 g/mol. The summed E-state index contributed by atoms with van der Waals surface area (Å²) >= 11 is 5.84. The summed E-state index contributed by atoms with van der Waals surface area (Å²) < 4.78 is 23.4. The van der Waals surface area contributed by atoms with Gasteiger partial charge in [0.25, 0.3) is 0 Å². The van der Waals surface area contributed by atoms with Crippen molar-refractivity contribution in [2.75, 3.05) is 12.4 Å². The fourth-order valence-electron chi connectivity index (χ4n) is 1.63. The molecule has 0 saturated carbocycles. The van der Waals surface area contributed by atoms with Gasteiger partial charge in [0.05, 0.1) is 35.1 Å². The van der Waals surface area contributed by atoms with Crippen LogP contribution in [0.1, 0.15) is 31.1 Å². The molecule has 1 aromatic rings. The molecule has 0 spiro atoms. The molecule has 1 rings (SSSR count).